The molecule has 17 heavy (non-hydrogen) atoms. The molecule has 0 spiro atoms. The SMILES string of the molecule is CCCOC(=O)CCNC(=O)CC1CCCC1. The number of carbonyl (C=O) groups is 2. The van der Waals surface area contributed by atoms with Gasteiger partial charge in [0.25, 0.3) is 0 Å². The van der Waals surface area contributed by atoms with Crippen molar-refractivity contribution in [2.75, 3.05) is 13.2 Å². The lowest BCUT2D eigenvalue weighted by Crippen LogP contribution is -2.27. The van der Waals surface area contributed by atoms with Crippen LogP contribution in [0.1, 0.15) is 51.9 Å². The monoisotopic (exact) mass is 241 g/mol. The van der Waals surface area contributed by atoms with Crippen molar-refractivity contribution in [2.24, 2.45) is 5.92 Å². The number of hydrogen-bond acceptors (Lipinski definition) is 3. The molecule has 0 aliphatic heterocycles. The van der Waals surface area contributed by atoms with Gasteiger partial charge in [0.15, 0.2) is 0 Å². The summed E-state index contributed by atoms with van der Waals surface area (Å²) in [5.74, 6) is 0.398. The predicted molar refractivity (Wildman–Crippen MR) is 65.5 cm³/mol. The standard InChI is InChI=1S/C13H23NO3/c1-2-9-17-13(16)7-8-14-12(15)10-11-5-3-4-6-11/h11H,2-10H2,1H3,(H,14,15). The summed E-state index contributed by atoms with van der Waals surface area (Å²) in [6.45, 7) is 2.82. The van der Waals surface area contributed by atoms with E-state index in [1.807, 2.05) is 6.92 Å². The molecule has 1 amide bonds. The Balaban J connectivity index is 2.01. The first-order chi connectivity index (χ1) is 8.22. The van der Waals surface area contributed by atoms with Gasteiger partial charge in [-0.25, -0.2) is 0 Å². The number of amides is 1. The molecule has 0 heterocycles. The topological polar surface area (TPSA) is 55.4 Å². The van der Waals surface area contributed by atoms with Crippen molar-refractivity contribution in [3.8, 4) is 0 Å². The molecule has 1 aliphatic rings. The van der Waals surface area contributed by atoms with Crippen LogP contribution in [0.25, 0.3) is 0 Å². The van der Waals surface area contributed by atoms with Crippen LogP contribution in [0.2, 0.25) is 0 Å². The highest BCUT2D eigenvalue weighted by atomic mass is 16.5. The van der Waals surface area contributed by atoms with E-state index in [4.69, 9.17) is 4.74 Å². The van der Waals surface area contributed by atoms with E-state index in [0.717, 1.165) is 6.42 Å². The highest BCUT2D eigenvalue weighted by molar-refractivity contribution is 5.77. The zero-order valence-corrected chi connectivity index (χ0v) is 10.7. The molecule has 0 aromatic heterocycles. The summed E-state index contributed by atoms with van der Waals surface area (Å²) in [6.07, 6.45) is 6.57. The number of carbonyl (C=O) groups excluding carboxylic acids is 2. The van der Waals surface area contributed by atoms with Gasteiger partial charge < -0.3 is 10.1 Å². The van der Waals surface area contributed by atoms with Crippen LogP contribution in [0, 0.1) is 5.92 Å². The minimum absolute atomic E-state index is 0.0696. The van der Waals surface area contributed by atoms with Crippen LogP contribution in [0.5, 0.6) is 0 Å². The first-order valence-corrected chi connectivity index (χ1v) is 6.64. The molecule has 4 heteroatoms. The van der Waals surface area contributed by atoms with Gasteiger partial charge in [-0.2, -0.15) is 0 Å². The van der Waals surface area contributed by atoms with Gasteiger partial charge in [-0.15, -0.1) is 0 Å². The molecule has 0 aromatic rings. The fourth-order valence-corrected chi connectivity index (χ4v) is 2.14. The van der Waals surface area contributed by atoms with E-state index in [9.17, 15) is 9.59 Å². The molecule has 0 bridgehead atoms. The Morgan fingerprint density at radius 2 is 2.00 bits per heavy atom. The Morgan fingerprint density at radius 3 is 2.65 bits per heavy atom. The average Bonchev–Trinajstić information content (AvgIpc) is 2.79. The van der Waals surface area contributed by atoms with Crippen LogP contribution >= 0.6 is 0 Å². The fourth-order valence-electron chi connectivity index (χ4n) is 2.14. The minimum Gasteiger partial charge on any atom is -0.466 e. The van der Waals surface area contributed by atoms with Gasteiger partial charge in [0.05, 0.1) is 13.0 Å². The zero-order chi connectivity index (χ0) is 12.5. The molecule has 0 saturated heterocycles. The van der Waals surface area contributed by atoms with Crippen LogP contribution in [-0.4, -0.2) is 25.0 Å². The molecule has 98 valence electrons. The molecular formula is C13H23NO3. The van der Waals surface area contributed by atoms with Crippen molar-refractivity contribution in [1.82, 2.24) is 5.32 Å². The average molecular weight is 241 g/mol. The number of esters is 1. The molecule has 0 radical (unpaired) electrons. The second-order valence-corrected chi connectivity index (χ2v) is 4.68. The molecule has 1 aliphatic carbocycles. The van der Waals surface area contributed by atoms with Crippen LogP contribution in [-0.2, 0) is 14.3 Å². The van der Waals surface area contributed by atoms with Gasteiger partial charge in [0, 0.05) is 13.0 Å². The van der Waals surface area contributed by atoms with Gasteiger partial charge in [0.1, 0.15) is 0 Å². The Labute approximate surface area is 103 Å². The van der Waals surface area contributed by atoms with Crippen molar-refractivity contribution in [2.45, 2.75) is 51.9 Å². The molecular weight excluding hydrogens is 218 g/mol. The molecule has 1 rings (SSSR count). The first-order valence-electron chi connectivity index (χ1n) is 6.64. The van der Waals surface area contributed by atoms with E-state index in [1.165, 1.54) is 25.7 Å². The summed E-state index contributed by atoms with van der Waals surface area (Å²) in [5, 5.41) is 2.78. The number of ether oxygens (including phenoxy) is 1. The van der Waals surface area contributed by atoms with Crippen LogP contribution < -0.4 is 5.32 Å². The smallest absolute Gasteiger partial charge is 0.307 e. The molecule has 0 unspecified atom stereocenters. The normalized spacial score (nSPS) is 15.8. The van der Waals surface area contributed by atoms with E-state index < -0.39 is 0 Å². The molecule has 0 atom stereocenters. The maximum absolute atomic E-state index is 11.5. The number of rotatable bonds is 7. The lowest BCUT2D eigenvalue weighted by molar-refractivity contribution is -0.143. The fraction of sp³-hybridized carbons (Fsp3) is 0.846. The molecule has 1 saturated carbocycles. The lowest BCUT2D eigenvalue weighted by Gasteiger charge is -2.09. The Kier molecular flexibility index (Phi) is 6.67. The van der Waals surface area contributed by atoms with Crippen LogP contribution in [0.15, 0.2) is 0 Å². The molecule has 1 N–H and O–H groups in total. The van der Waals surface area contributed by atoms with E-state index in [0.29, 0.717) is 25.5 Å². The summed E-state index contributed by atoms with van der Waals surface area (Å²) < 4.78 is 4.92. The quantitative estimate of drug-likeness (QED) is 0.694. The molecule has 0 aromatic carbocycles. The van der Waals surface area contributed by atoms with Gasteiger partial charge in [0.2, 0.25) is 5.91 Å². The summed E-state index contributed by atoms with van der Waals surface area (Å²) in [4.78, 5) is 22.7. The maximum Gasteiger partial charge on any atom is 0.307 e. The van der Waals surface area contributed by atoms with Crippen LogP contribution in [0.4, 0.5) is 0 Å². The van der Waals surface area contributed by atoms with Gasteiger partial charge in [-0.3, -0.25) is 9.59 Å². The second-order valence-electron chi connectivity index (χ2n) is 4.68. The predicted octanol–water partition coefficient (Wildman–Crippen LogP) is 2.03. The first kappa shape index (κ1) is 14.0. The van der Waals surface area contributed by atoms with Crippen molar-refractivity contribution >= 4 is 11.9 Å². The van der Waals surface area contributed by atoms with Crippen LogP contribution in [0.3, 0.4) is 0 Å². The summed E-state index contributed by atoms with van der Waals surface area (Å²) in [5.41, 5.74) is 0. The maximum atomic E-state index is 11.5. The van der Waals surface area contributed by atoms with E-state index in [1.54, 1.807) is 0 Å². The third-order valence-corrected chi connectivity index (χ3v) is 3.07. The van der Waals surface area contributed by atoms with E-state index >= 15 is 0 Å². The van der Waals surface area contributed by atoms with Crippen molar-refractivity contribution in [1.29, 1.82) is 0 Å². The third-order valence-electron chi connectivity index (χ3n) is 3.07. The third kappa shape index (κ3) is 6.29. The van der Waals surface area contributed by atoms with E-state index in [-0.39, 0.29) is 18.3 Å². The number of nitrogens with one attached hydrogen (secondary N) is 1. The highest BCUT2D eigenvalue weighted by Crippen LogP contribution is 2.27. The summed E-state index contributed by atoms with van der Waals surface area (Å²) >= 11 is 0. The summed E-state index contributed by atoms with van der Waals surface area (Å²) in [6, 6.07) is 0. The van der Waals surface area contributed by atoms with Gasteiger partial charge >= 0.3 is 5.97 Å². The van der Waals surface area contributed by atoms with Crippen molar-refractivity contribution < 1.29 is 14.3 Å². The molecule has 4 nitrogen and oxygen atoms in total. The second kappa shape index (κ2) is 8.09. The number of hydrogen-bond donors (Lipinski definition) is 1. The van der Waals surface area contributed by atoms with E-state index in [2.05, 4.69) is 5.32 Å². The minimum atomic E-state index is -0.229. The van der Waals surface area contributed by atoms with Gasteiger partial charge in [-0.05, 0) is 25.2 Å². The largest absolute Gasteiger partial charge is 0.466 e. The Hall–Kier alpha value is -1.06. The summed E-state index contributed by atoms with van der Waals surface area (Å²) in [7, 11) is 0. The van der Waals surface area contributed by atoms with Gasteiger partial charge in [-0.1, -0.05) is 19.8 Å². The highest BCUT2D eigenvalue weighted by Gasteiger charge is 2.18. The van der Waals surface area contributed by atoms with Crippen molar-refractivity contribution in [3.63, 3.8) is 0 Å². The zero-order valence-electron chi connectivity index (χ0n) is 10.7. The van der Waals surface area contributed by atoms with Crippen molar-refractivity contribution in [3.05, 3.63) is 0 Å². The molecule has 1 fully saturated rings. The Bertz CT molecular complexity index is 247. The lowest BCUT2D eigenvalue weighted by atomic mass is 10.0. The Morgan fingerprint density at radius 1 is 1.29 bits per heavy atom.